The Kier molecular flexibility index (Phi) is 57.3. The van der Waals surface area contributed by atoms with E-state index in [-0.39, 0.29) is 0 Å². The van der Waals surface area contributed by atoms with E-state index in [1.165, 1.54) is 350 Å². The van der Waals surface area contributed by atoms with Gasteiger partial charge in [-0.25, -0.2) is 0 Å². The maximum atomic E-state index is 2.93. The van der Waals surface area contributed by atoms with E-state index < -0.39 is 0 Å². The van der Waals surface area contributed by atoms with E-state index in [2.05, 4.69) is 114 Å². The zero-order valence-corrected chi connectivity index (χ0v) is 54.3. The molecular formula is C65H134N4S4. The summed E-state index contributed by atoms with van der Waals surface area (Å²) >= 11 is 8.67. The first-order valence-electron chi connectivity index (χ1n) is 33.1. The van der Waals surface area contributed by atoms with E-state index in [9.17, 15) is 0 Å². The Bertz CT molecular complexity index is 1030. The van der Waals surface area contributed by atoms with Crippen LogP contribution in [0.4, 0.5) is 0 Å². The Morgan fingerprint density at radius 2 is 0.644 bits per heavy atom. The van der Waals surface area contributed by atoms with Gasteiger partial charge in [0.05, 0.1) is 0 Å². The minimum atomic E-state index is 0.696. The lowest BCUT2D eigenvalue weighted by Crippen LogP contribution is -2.60. The molecule has 1 rings (SSSR count). The molecule has 1 fully saturated rings. The molecule has 8 heteroatoms. The highest BCUT2D eigenvalue weighted by atomic mass is 32.2. The number of nitrogens with zero attached hydrogens (tertiary/aromatic N) is 4. The summed E-state index contributed by atoms with van der Waals surface area (Å²) in [6.07, 6.45) is 60.7. The van der Waals surface area contributed by atoms with Crippen molar-refractivity contribution in [2.45, 2.75) is 297 Å². The number of rotatable bonds is 60. The Morgan fingerprint density at radius 1 is 0.356 bits per heavy atom. The molecule has 0 aliphatic carbocycles. The highest BCUT2D eigenvalue weighted by Crippen LogP contribution is 2.23. The number of hydrogen-bond acceptors (Lipinski definition) is 8. The summed E-state index contributed by atoms with van der Waals surface area (Å²) in [5.74, 6) is 8.58. The van der Waals surface area contributed by atoms with Crippen molar-refractivity contribution in [3.05, 3.63) is 0 Å². The Labute approximate surface area is 479 Å². The maximum Gasteiger partial charge on any atom is 0.0314 e. The zero-order chi connectivity index (χ0) is 52.8. The van der Waals surface area contributed by atoms with Crippen LogP contribution in [0.2, 0.25) is 0 Å². The van der Waals surface area contributed by atoms with Crippen LogP contribution in [0.15, 0.2) is 0 Å². The van der Waals surface area contributed by atoms with Crippen LogP contribution >= 0.6 is 47.0 Å². The molecule has 0 aromatic heterocycles. The molecule has 1 aliphatic heterocycles. The molecule has 0 N–H and O–H groups in total. The van der Waals surface area contributed by atoms with Gasteiger partial charge in [0.25, 0.3) is 0 Å². The third-order valence-electron chi connectivity index (χ3n) is 16.4. The molecule has 0 bridgehead atoms. The minimum Gasteiger partial charge on any atom is -0.303 e. The second kappa shape index (κ2) is 57.9. The van der Waals surface area contributed by atoms with Gasteiger partial charge in [-0.2, -0.15) is 47.0 Å². The molecule has 1 aliphatic rings. The van der Waals surface area contributed by atoms with Gasteiger partial charge in [-0.1, -0.05) is 259 Å². The molecular weight excluding hydrogens is 965 g/mol. The number of hydrogen-bond donors (Lipinski definition) is 0. The lowest BCUT2D eigenvalue weighted by molar-refractivity contribution is 0.0556. The average Bonchev–Trinajstić information content (AvgIpc) is 3.39. The van der Waals surface area contributed by atoms with E-state index >= 15 is 0 Å². The van der Waals surface area contributed by atoms with Crippen molar-refractivity contribution in [1.82, 2.24) is 19.6 Å². The van der Waals surface area contributed by atoms with Gasteiger partial charge in [0, 0.05) is 92.4 Å². The smallest absolute Gasteiger partial charge is 0.0314 e. The first-order chi connectivity index (χ1) is 36.0. The van der Waals surface area contributed by atoms with Crippen molar-refractivity contribution < 1.29 is 0 Å². The lowest BCUT2D eigenvalue weighted by Gasteiger charge is -2.46. The molecule has 0 spiro atoms. The fraction of sp³-hybridized carbons (Fsp3) is 1.00. The molecule has 4 nitrogen and oxygen atoms in total. The lowest BCUT2D eigenvalue weighted by atomic mass is 10.0. The normalized spacial score (nSPS) is 16.2. The van der Waals surface area contributed by atoms with Gasteiger partial charge < -0.3 is 9.80 Å². The SMILES string of the molecule is CCCCCCCCCCCCN(CCCCCCCCCCCC)CCSCCN1CC(CSC)N(CCSCCN(CCCCCCCCCCCC)CC(C)CCCCCCCCCC)CC1CSC. The maximum absolute atomic E-state index is 2.93. The van der Waals surface area contributed by atoms with Crippen LogP contribution in [0, 0.1) is 5.92 Å². The Balaban J connectivity index is 2.60. The van der Waals surface area contributed by atoms with Crippen molar-refractivity contribution in [2.24, 2.45) is 5.92 Å². The molecule has 3 unspecified atom stereocenters. The Morgan fingerprint density at radius 3 is 0.973 bits per heavy atom. The first-order valence-corrected chi connectivity index (χ1v) is 38.2. The van der Waals surface area contributed by atoms with Gasteiger partial charge >= 0.3 is 0 Å². The topological polar surface area (TPSA) is 13.0 Å². The summed E-state index contributed by atoms with van der Waals surface area (Å²) in [7, 11) is 0. The molecule has 3 atom stereocenters. The van der Waals surface area contributed by atoms with Crippen molar-refractivity contribution in [2.75, 3.05) is 112 Å². The predicted molar refractivity (Wildman–Crippen MR) is 347 cm³/mol. The van der Waals surface area contributed by atoms with Gasteiger partial charge in [-0.05, 0) is 63.7 Å². The van der Waals surface area contributed by atoms with E-state index in [0.29, 0.717) is 12.1 Å². The van der Waals surface area contributed by atoms with Crippen LogP contribution in [-0.2, 0) is 0 Å². The predicted octanol–water partition coefficient (Wildman–Crippen LogP) is 20.1. The summed E-state index contributed by atoms with van der Waals surface area (Å²) < 4.78 is 0. The van der Waals surface area contributed by atoms with E-state index in [0.717, 1.165) is 5.92 Å². The molecule has 73 heavy (non-hydrogen) atoms. The molecule has 1 saturated heterocycles. The number of unbranched alkanes of at least 4 members (excludes halogenated alkanes) is 34. The summed E-state index contributed by atoms with van der Waals surface area (Å²) in [6.45, 7) is 24.8. The van der Waals surface area contributed by atoms with Gasteiger partial charge in [-0.15, -0.1) is 0 Å². The summed E-state index contributed by atoms with van der Waals surface area (Å²) in [4.78, 5) is 11.6. The minimum absolute atomic E-state index is 0.696. The molecule has 0 amide bonds. The molecule has 0 aromatic rings. The van der Waals surface area contributed by atoms with Crippen molar-refractivity contribution in [3.8, 4) is 0 Å². The first kappa shape index (κ1) is 72.3. The van der Waals surface area contributed by atoms with Crippen molar-refractivity contribution in [3.63, 3.8) is 0 Å². The highest BCUT2D eigenvalue weighted by molar-refractivity contribution is 7.99. The number of piperazine rings is 1. The summed E-state index contributed by atoms with van der Waals surface area (Å²) in [5, 5.41) is 0. The van der Waals surface area contributed by atoms with Gasteiger partial charge in [0.15, 0.2) is 0 Å². The number of thioether (sulfide) groups is 4. The second-order valence-electron chi connectivity index (χ2n) is 23.5. The monoisotopic (exact) mass is 1100 g/mol. The highest BCUT2D eigenvalue weighted by Gasteiger charge is 2.32. The van der Waals surface area contributed by atoms with Crippen LogP contribution in [0.25, 0.3) is 0 Å². The van der Waals surface area contributed by atoms with Gasteiger partial charge in [-0.3, -0.25) is 9.80 Å². The van der Waals surface area contributed by atoms with Crippen LogP contribution < -0.4 is 0 Å². The standard InChI is InChI=1S/C65H134N4S4/c1-8-12-16-20-24-28-31-35-39-43-47-66(48-44-40-36-32-29-25-21-17-13-9-2)50-54-72-56-52-68-59-65(62-71-7)69(60-64(68)61-70-6)53-57-73-55-51-67(49-45-41-37-33-30-26-22-18-14-10-3)58-63(5)46-42-38-34-27-23-19-15-11-4/h63-65H,8-62H2,1-7H3. The molecule has 438 valence electrons. The largest absolute Gasteiger partial charge is 0.303 e. The second-order valence-corrected chi connectivity index (χ2v) is 27.8. The fourth-order valence-electron chi connectivity index (χ4n) is 11.5. The van der Waals surface area contributed by atoms with Crippen LogP contribution in [0.5, 0.6) is 0 Å². The van der Waals surface area contributed by atoms with E-state index in [1.54, 1.807) is 0 Å². The zero-order valence-electron chi connectivity index (χ0n) is 51.0. The molecule has 0 saturated carbocycles. The third-order valence-corrected chi connectivity index (χ3v) is 19.7. The van der Waals surface area contributed by atoms with E-state index in [1.807, 2.05) is 0 Å². The molecule has 1 heterocycles. The van der Waals surface area contributed by atoms with Gasteiger partial charge in [0.1, 0.15) is 0 Å². The Hall–Kier alpha value is 1.24. The van der Waals surface area contributed by atoms with Crippen LogP contribution in [0.3, 0.4) is 0 Å². The molecule has 0 radical (unpaired) electrons. The van der Waals surface area contributed by atoms with Gasteiger partial charge in [0.2, 0.25) is 0 Å². The van der Waals surface area contributed by atoms with Crippen molar-refractivity contribution >= 4 is 47.0 Å². The quantitative estimate of drug-likeness (QED) is 0.0552. The summed E-state index contributed by atoms with van der Waals surface area (Å²) in [5.41, 5.74) is 0. The van der Waals surface area contributed by atoms with Crippen LogP contribution in [-0.4, -0.2) is 144 Å². The molecule has 0 aromatic carbocycles. The van der Waals surface area contributed by atoms with E-state index in [4.69, 9.17) is 0 Å². The summed E-state index contributed by atoms with van der Waals surface area (Å²) in [6, 6.07) is 1.39. The van der Waals surface area contributed by atoms with Crippen molar-refractivity contribution in [1.29, 1.82) is 0 Å². The average molecular weight is 1100 g/mol. The van der Waals surface area contributed by atoms with Crippen LogP contribution in [0.1, 0.15) is 285 Å². The third kappa shape index (κ3) is 46.7. The fourth-order valence-corrected chi connectivity index (χ4v) is 14.8.